The van der Waals surface area contributed by atoms with Gasteiger partial charge < -0.3 is 9.47 Å². The molecule has 0 spiro atoms. The first kappa shape index (κ1) is 24.0. The molecular formula is C26H34FNO4S. The zero-order chi connectivity index (χ0) is 23.6. The molecule has 0 amide bonds. The van der Waals surface area contributed by atoms with E-state index in [1.54, 1.807) is 12.1 Å². The molecule has 4 rings (SSSR count). The van der Waals surface area contributed by atoms with Crippen LogP contribution in [-0.2, 0) is 21.2 Å². The number of benzene rings is 2. The van der Waals surface area contributed by atoms with Gasteiger partial charge in [-0.2, -0.15) is 0 Å². The lowest BCUT2D eigenvalue weighted by Gasteiger charge is -2.36. The topological polar surface area (TPSA) is 55.8 Å². The number of hydrogen-bond donors (Lipinski definition) is 0. The van der Waals surface area contributed by atoms with Crippen LogP contribution in [0.2, 0.25) is 0 Å². The fourth-order valence-corrected chi connectivity index (χ4v) is 6.32. The minimum atomic E-state index is -3.87. The average molecular weight is 476 g/mol. The van der Waals surface area contributed by atoms with Crippen molar-refractivity contribution in [2.24, 2.45) is 11.8 Å². The number of ether oxygens (including phenoxy) is 2. The minimum absolute atomic E-state index is 0.0947. The number of anilines is 1. The zero-order valence-electron chi connectivity index (χ0n) is 19.7. The Bertz CT molecular complexity index is 1050. The monoisotopic (exact) mass is 475 g/mol. The van der Waals surface area contributed by atoms with Gasteiger partial charge in [-0.1, -0.05) is 32.9 Å². The molecule has 0 aromatic heterocycles. The highest BCUT2D eigenvalue weighted by atomic mass is 32.2. The molecule has 0 aliphatic carbocycles. The van der Waals surface area contributed by atoms with E-state index in [2.05, 4.69) is 6.92 Å². The summed E-state index contributed by atoms with van der Waals surface area (Å²) >= 11 is 0. The molecule has 1 fully saturated rings. The molecule has 7 heteroatoms. The van der Waals surface area contributed by atoms with Crippen molar-refractivity contribution in [3.8, 4) is 5.75 Å². The molecule has 180 valence electrons. The van der Waals surface area contributed by atoms with E-state index in [1.165, 1.54) is 10.4 Å². The number of sulfonamides is 1. The Morgan fingerprint density at radius 2 is 1.79 bits per heavy atom. The molecule has 2 aliphatic heterocycles. The van der Waals surface area contributed by atoms with Crippen molar-refractivity contribution in [3.63, 3.8) is 0 Å². The molecule has 0 saturated carbocycles. The van der Waals surface area contributed by atoms with E-state index in [4.69, 9.17) is 9.47 Å². The summed E-state index contributed by atoms with van der Waals surface area (Å²) < 4.78 is 55.6. The molecule has 2 unspecified atom stereocenters. The molecule has 5 nitrogen and oxygen atoms in total. The first-order valence-corrected chi connectivity index (χ1v) is 13.4. The van der Waals surface area contributed by atoms with Crippen molar-refractivity contribution in [1.82, 2.24) is 0 Å². The van der Waals surface area contributed by atoms with Gasteiger partial charge in [0.25, 0.3) is 10.0 Å². The van der Waals surface area contributed by atoms with E-state index in [0.29, 0.717) is 36.8 Å². The number of aryl methyl sites for hydroxylation is 1. The maximum Gasteiger partial charge on any atom is 0.264 e. The molecule has 1 saturated heterocycles. The predicted octanol–water partition coefficient (Wildman–Crippen LogP) is 5.69. The van der Waals surface area contributed by atoms with Crippen LogP contribution in [-0.4, -0.2) is 34.3 Å². The lowest BCUT2D eigenvalue weighted by Crippen LogP contribution is -2.36. The van der Waals surface area contributed by atoms with Crippen LogP contribution in [0.3, 0.4) is 0 Å². The number of hydrogen-bond acceptors (Lipinski definition) is 4. The number of rotatable bonds is 7. The maximum atomic E-state index is 15.2. The lowest BCUT2D eigenvalue weighted by atomic mass is 9.87. The Morgan fingerprint density at radius 3 is 2.42 bits per heavy atom. The van der Waals surface area contributed by atoms with Gasteiger partial charge in [-0.3, -0.25) is 4.31 Å². The highest BCUT2D eigenvalue weighted by Crippen LogP contribution is 2.42. The smallest absolute Gasteiger partial charge is 0.264 e. The molecule has 2 heterocycles. The van der Waals surface area contributed by atoms with Crippen LogP contribution in [0.25, 0.3) is 0 Å². The molecule has 0 radical (unpaired) electrons. The quantitative estimate of drug-likeness (QED) is 0.516. The van der Waals surface area contributed by atoms with Crippen LogP contribution in [0.1, 0.15) is 57.3 Å². The van der Waals surface area contributed by atoms with E-state index in [9.17, 15) is 8.42 Å². The van der Waals surface area contributed by atoms with Crippen molar-refractivity contribution in [2.45, 2.75) is 63.6 Å². The molecule has 2 aromatic carbocycles. The van der Waals surface area contributed by atoms with Crippen LogP contribution in [0.4, 0.5) is 10.1 Å². The van der Waals surface area contributed by atoms with Crippen molar-refractivity contribution >= 4 is 15.7 Å². The fraction of sp³-hybridized carbons (Fsp3) is 0.538. The second kappa shape index (κ2) is 10.0. The van der Waals surface area contributed by atoms with Crippen LogP contribution < -0.4 is 9.04 Å². The summed E-state index contributed by atoms with van der Waals surface area (Å²) in [4.78, 5) is 0.0947. The van der Waals surface area contributed by atoms with E-state index in [0.717, 1.165) is 24.8 Å². The van der Waals surface area contributed by atoms with Gasteiger partial charge in [-0.25, -0.2) is 12.8 Å². The van der Waals surface area contributed by atoms with Crippen LogP contribution in [0.5, 0.6) is 5.75 Å². The van der Waals surface area contributed by atoms with Crippen molar-refractivity contribution < 1.29 is 22.3 Å². The average Bonchev–Trinajstić information content (AvgIpc) is 2.82. The highest BCUT2D eigenvalue weighted by molar-refractivity contribution is 7.92. The van der Waals surface area contributed by atoms with Crippen molar-refractivity contribution in [1.29, 1.82) is 0 Å². The summed E-state index contributed by atoms with van der Waals surface area (Å²) in [6.45, 7) is 7.72. The largest absolute Gasteiger partial charge is 0.490 e. The number of alkyl halides is 1. The number of halogens is 1. The van der Waals surface area contributed by atoms with E-state index in [1.807, 2.05) is 38.1 Å². The van der Waals surface area contributed by atoms with Crippen LogP contribution in [0, 0.1) is 11.8 Å². The van der Waals surface area contributed by atoms with Gasteiger partial charge in [-0.15, -0.1) is 0 Å². The molecule has 2 aliphatic rings. The molecule has 0 bridgehead atoms. The number of fused-ring (bicyclic) bond motifs is 1. The Balaban J connectivity index is 1.63. The fourth-order valence-electron chi connectivity index (χ4n) is 4.66. The molecule has 33 heavy (non-hydrogen) atoms. The highest BCUT2D eigenvalue weighted by Gasteiger charge is 2.36. The molecule has 0 N–H and O–H groups in total. The van der Waals surface area contributed by atoms with Crippen LogP contribution in [0.15, 0.2) is 47.4 Å². The van der Waals surface area contributed by atoms with E-state index < -0.39 is 16.2 Å². The molecular weight excluding hydrogens is 441 g/mol. The van der Waals surface area contributed by atoms with Gasteiger partial charge in [0.15, 0.2) is 0 Å². The SMILES string of the molecule is CCc1ccc(N(CC(C)C)S(=O)(=O)c2ccc3c(c2)C(F)CC(C2CCOCC2)O3)cc1. The lowest BCUT2D eigenvalue weighted by molar-refractivity contribution is -0.00202. The Labute approximate surface area is 196 Å². The maximum absolute atomic E-state index is 15.2. The predicted molar refractivity (Wildman–Crippen MR) is 128 cm³/mol. The summed E-state index contributed by atoms with van der Waals surface area (Å²) in [6.07, 6.45) is 1.40. The third-order valence-electron chi connectivity index (χ3n) is 6.58. The first-order valence-electron chi connectivity index (χ1n) is 11.9. The minimum Gasteiger partial charge on any atom is -0.490 e. The number of nitrogens with zero attached hydrogens (tertiary/aromatic N) is 1. The van der Waals surface area contributed by atoms with Crippen molar-refractivity contribution in [2.75, 3.05) is 24.1 Å². The van der Waals surface area contributed by atoms with Crippen LogP contribution >= 0.6 is 0 Å². The summed E-state index contributed by atoms with van der Waals surface area (Å²) in [5.74, 6) is 0.842. The van der Waals surface area contributed by atoms with Gasteiger partial charge in [-0.05, 0) is 61.1 Å². The van der Waals surface area contributed by atoms with Crippen molar-refractivity contribution in [3.05, 3.63) is 53.6 Å². The van der Waals surface area contributed by atoms with E-state index >= 15 is 4.39 Å². The van der Waals surface area contributed by atoms with Gasteiger partial charge in [0.2, 0.25) is 0 Å². The normalized spacial score (nSPS) is 21.5. The second-order valence-corrected chi connectivity index (χ2v) is 11.3. The molecule has 2 atom stereocenters. The van der Waals surface area contributed by atoms with Gasteiger partial charge in [0, 0.05) is 37.7 Å². The van der Waals surface area contributed by atoms with Gasteiger partial charge >= 0.3 is 0 Å². The Hall–Kier alpha value is -2.12. The van der Waals surface area contributed by atoms with Gasteiger partial charge in [0.05, 0.1) is 10.6 Å². The third-order valence-corrected chi connectivity index (χ3v) is 8.37. The third kappa shape index (κ3) is 5.19. The standard InChI is InChI=1S/C26H34FNO4S/c1-4-19-5-7-21(8-6-19)28(17-18(2)3)33(29,30)22-9-10-25-23(15-22)24(27)16-26(32-25)20-11-13-31-14-12-20/h5-10,15,18,20,24,26H,4,11-14,16-17H2,1-3H3. The van der Waals surface area contributed by atoms with E-state index in [-0.39, 0.29) is 29.3 Å². The Morgan fingerprint density at radius 1 is 1.09 bits per heavy atom. The summed E-state index contributed by atoms with van der Waals surface area (Å²) in [6, 6.07) is 12.2. The summed E-state index contributed by atoms with van der Waals surface area (Å²) in [5.41, 5.74) is 2.09. The second-order valence-electron chi connectivity index (χ2n) is 9.46. The zero-order valence-corrected chi connectivity index (χ0v) is 20.5. The summed E-state index contributed by atoms with van der Waals surface area (Å²) in [5, 5.41) is 0. The Kier molecular flexibility index (Phi) is 7.29. The van der Waals surface area contributed by atoms with Gasteiger partial charge in [0.1, 0.15) is 18.0 Å². The summed E-state index contributed by atoms with van der Waals surface area (Å²) in [7, 11) is -3.87. The molecule has 2 aromatic rings. The first-order chi connectivity index (χ1) is 15.8.